The molecule has 0 unspecified atom stereocenters. The topological polar surface area (TPSA) is 72.6 Å². The largest absolute Gasteiger partial charge is 0.506 e. The van der Waals surface area contributed by atoms with Crippen molar-refractivity contribution in [2.75, 3.05) is 7.11 Å². The summed E-state index contributed by atoms with van der Waals surface area (Å²) in [5, 5.41) is 12.3. The average molecular weight is 421 g/mol. The van der Waals surface area contributed by atoms with Crippen LogP contribution in [0.4, 0.5) is 0 Å². The zero-order chi connectivity index (χ0) is 22.1. The van der Waals surface area contributed by atoms with Crippen LogP contribution in [0.2, 0.25) is 0 Å². The molecule has 0 aliphatic carbocycles. The predicted molar refractivity (Wildman–Crippen MR) is 124 cm³/mol. The molecule has 5 nitrogen and oxygen atoms in total. The first-order chi connectivity index (χ1) is 15.7. The van der Waals surface area contributed by atoms with E-state index in [0.717, 1.165) is 16.5 Å². The molecule has 0 aliphatic rings. The van der Waals surface area contributed by atoms with Crippen LogP contribution in [0.25, 0.3) is 44.8 Å². The third kappa shape index (κ3) is 3.30. The van der Waals surface area contributed by atoms with Crippen LogP contribution in [0.15, 0.2) is 89.3 Å². The Morgan fingerprint density at radius 2 is 1.59 bits per heavy atom. The molecular weight excluding hydrogens is 402 g/mol. The van der Waals surface area contributed by atoms with E-state index in [9.17, 15) is 9.90 Å². The molecule has 5 rings (SSSR count). The molecule has 1 heterocycles. The number of carbonyl (C=O) groups is 1. The van der Waals surface area contributed by atoms with E-state index < -0.39 is 0 Å². The van der Waals surface area contributed by atoms with Gasteiger partial charge in [-0.25, -0.2) is 4.98 Å². The number of hydrogen-bond donors (Lipinski definition) is 1. The molecule has 0 saturated heterocycles. The van der Waals surface area contributed by atoms with Gasteiger partial charge < -0.3 is 14.3 Å². The Bertz CT molecular complexity index is 1370. The summed E-state index contributed by atoms with van der Waals surface area (Å²) in [7, 11) is 1.58. The molecule has 5 heteroatoms. The fourth-order valence-electron chi connectivity index (χ4n) is 3.82. The number of aldehydes is 1. The molecule has 0 amide bonds. The number of oxazole rings is 1. The van der Waals surface area contributed by atoms with Crippen molar-refractivity contribution in [3.8, 4) is 45.5 Å². The second kappa shape index (κ2) is 8.04. The molecule has 4 aromatic carbocycles. The summed E-state index contributed by atoms with van der Waals surface area (Å²) < 4.78 is 11.5. The molecule has 32 heavy (non-hydrogen) atoms. The highest BCUT2D eigenvalue weighted by Gasteiger charge is 2.22. The normalized spacial score (nSPS) is 10.9. The van der Waals surface area contributed by atoms with Crippen molar-refractivity contribution in [3.05, 3.63) is 90.5 Å². The molecule has 0 bridgehead atoms. The van der Waals surface area contributed by atoms with Crippen molar-refractivity contribution in [1.29, 1.82) is 0 Å². The van der Waals surface area contributed by atoms with Crippen LogP contribution < -0.4 is 4.74 Å². The van der Waals surface area contributed by atoms with Crippen molar-refractivity contribution >= 4 is 17.1 Å². The first kappa shape index (κ1) is 19.6. The number of hydrogen-bond acceptors (Lipinski definition) is 5. The first-order valence-electron chi connectivity index (χ1n) is 10.1. The number of methoxy groups -OCH3 is 1. The summed E-state index contributed by atoms with van der Waals surface area (Å²) in [5.41, 5.74) is 2.93. The molecular formula is C27H19NO4. The number of carbonyl (C=O) groups excluding carboxylic acids is 1. The van der Waals surface area contributed by atoms with Gasteiger partial charge in [0, 0.05) is 11.1 Å². The lowest BCUT2D eigenvalue weighted by Crippen LogP contribution is -1.91. The van der Waals surface area contributed by atoms with Crippen LogP contribution in [0.5, 0.6) is 11.5 Å². The maximum absolute atomic E-state index is 11.9. The number of rotatable bonds is 5. The third-order valence-electron chi connectivity index (χ3n) is 5.42. The van der Waals surface area contributed by atoms with E-state index in [1.165, 1.54) is 0 Å². The summed E-state index contributed by atoms with van der Waals surface area (Å²) in [6.07, 6.45) is 0.646. The highest BCUT2D eigenvalue weighted by molar-refractivity contribution is 6.04. The fourth-order valence-corrected chi connectivity index (χ4v) is 3.82. The number of nitrogens with zero attached hydrogens (tertiary/aromatic N) is 1. The molecule has 0 fully saturated rings. The molecule has 0 atom stereocenters. The molecule has 0 aliphatic heterocycles. The highest BCUT2D eigenvalue weighted by atomic mass is 16.5. The standard InChI is InChI=1S/C27H19NO4/c1-31-20-12-13-21-19(14-20)15-22(25(30)23(21)16-29)27-28-24(17-8-4-2-5-9-17)26(32-27)18-10-6-3-7-11-18/h2-16,30H,1H3. The van der Waals surface area contributed by atoms with Crippen LogP contribution in [0, 0.1) is 0 Å². The van der Waals surface area contributed by atoms with Gasteiger partial charge in [0.05, 0.1) is 18.2 Å². The highest BCUT2D eigenvalue weighted by Crippen LogP contribution is 2.41. The number of benzene rings is 4. The van der Waals surface area contributed by atoms with E-state index in [4.69, 9.17) is 14.1 Å². The van der Waals surface area contributed by atoms with E-state index in [-0.39, 0.29) is 17.2 Å². The Morgan fingerprint density at radius 3 is 2.25 bits per heavy atom. The van der Waals surface area contributed by atoms with Gasteiger partial charge in [-0.3, -0.25) is 4.79 Å². The first-order valence-corrected chi connectivity index (χ1v) is 10.1. The summed E-state index contributed by atoms with van der Waals surface area (Å²) in [6, 6.07) is 26.5. The van der Waals surface area contributed by atoms with Gasteiger partial charge in [0.2, 0.25) is 5.89 Å². The SMILES string of the molecule is COc1ccc2c(C=O)c(O)c(-c3nc(-c4ccccc4)c(-c4ccccc4)o3)cc2c1. The van der Waals surface area contributed by atoms with Gasteiger partial charge in [0.25, 0.3) is 0 Å². The predicted octanol–water partition coefficient (Wildman–Crippen LogP) is 6.36. The number of phenolic OH excluding ortho intramolecular Hbond substituents is 1. The van der Waals surface area contributed by atoms with Gasteiger partial charge in [0.1, 0.15) is 17.2 Å². The molecule has 156 valence electrons. The van der Waals surface area contributed by atoms with Crippen LogP contribution in [0.1, 0.15) is 10.4 Å². The molecule has 1 N–H and O–H groups in total. The smallest absolute Gasteiger partial charge is 0.231 e. The van der Waals surface area contributed by atoms with Gasteiger partial charge in [-0.2, -0.15) is 0 Å². The summed E-state index contributed by atoms with van der Waals surface area (Å²) >= 11 is 0. The van der Waals surface area contributed by atoms with Gasteiger partial charge >= 0.3 is 0 Å². The summed E-state index contributed by atoms with van der Waals surface area (Å²) in [5.74, 6) is 1.30. The minimum absolute atomic E-state index is 0.168. The van der Waals surface area contributed by atoms with Gasteiger partial charge in [-0.1, -0.05) is 60.7 Å². The Morgan fingerprint density at radius 1 is 0.906 bits per heavy atom. The van der Waals surface area contributed by atoms with Crippen molar-refractivity contribution in [3.63, 3.8) is 0 Å². The fraction of sp³-hybridized carbons (Fsp3) is 0.0370. The van der Waals surface area contributed by atoms with Crippen molar-refractivity contribution in [2.24, 2.45) is 0 Å². The maximum atomic E-state index is 11.9. The van der Waals surface area contributed by atoms with E-state index in [2.05, 4.69) is 0 Å². The molecule has 1 aromatic heterocycles. The number of aromatic hydroxyl groups is 1. The summed E-state index contributed by atoms with van der Waals surface area (Å²) in [4.78, 5) is 16.6. The van der Waals surface area contributed by atoms with Crippen molar-refractivity contribution in [1.82, 2.24) is 4.98 Å². The van der Waals surface area contributed by atoms with Gasteiger partial charge in [-0.15, -0.1) is 0 Å². The Balaban J connectivity index is 1.77. The Hall–Kier alpha value is -4.38. The second-order valence-corrected chi connectivity index (χ2v) is 7.32. The number of fused-ring (bicyclic) bond motifs is 1. The van der Waals surface area contributed by atoms with E-state index in [1.54, 1.807) is 25.3 Å². The molecule has 0 spiro atoms. The van der Waals surface area contributed by atoms with Gasteiger partial charge in [0.15, 0.2) is 12.0 Å². The zero-order valence-corrected chi connectivity index (χ0v) is 17.3. The average Bonchev–Trinajstić information content (AvgIpc) is 3.30. The Kier molecular flexibility index (Phi) is 4.92. The van der Waals surface area contributed by atoms with Crippen LogP contribution in [0.3, 0.4) is 0 Å². The van der Waals surface area contributed by atoms with Crippen LogP contribution in [-0.4, -0.2) is 23.5 Å². The van der Waals surface area contributed by atoms with Gasteiger partial charge in [-0.05, 0) is 35.0 Å². The zero-order valence-electron chi connectivity index (χ0n) is 17.3. The molecule has 0 saturated carbocycles. The van der Waals surface area contributed by atoms with E-state index in [0.29, 0.717) is 34.4 Å². The third-order valence-corrected chi connectivity index (χ3v) is 5.42. The van der Waals surface area contributed by atoms with Crippen LogP contribution in [-0.2, 0) is 0 Å². The molecule has 0 radical (unpaired) electrons. The minimum atomic E-state index is -0.168. The molecule has 5 aromatic rings. The van der Waals surface area contributed by atoms with Crippen molar-refractivity contribution < 1.29 is 19.1 Å². The minimum Gasteiger partial charge on any atom is -0.506 e. The van der Waals surface area contributed by atoms with E-state index >= 15 is 0 Å². The number of aromatic nitrogens is 1. The monoisotopic (exact) mass is 421 g/mol. The lowest BCUT2D eigenvalue weighted by molar-refractivity contribution is 0.112. The van der Waals surface area contributed by atoms with Crippen molar-refractivity contribution in [2.45, 2.75) is 0 Å². The number of phenols is 1. The second-order valence-electron chi connectivity index (χ2n) is 7.32. The van der Waals surface area contributed by atoms with E-state index in [1.807, 2.05) is 66.7 Å². The lowest BCUT2D eigenvalue weighted by Gasteiger charge is -2.09. The lowest BCUT2D eigenvalue weighted by atomic mass is 9.99. The summed E-state index contributed by atoms with van der Waals surface area (Å²) in [6.45, 7) is 0. The number of ether oxygens (including phenoxy) is 1. The van der Waals surface area contributed by atoms with Crippen LogP contribution >= 0.6 is 0 Å². The quantitative estimate of drug-likeness (QED) is 0.335. The maximum Gasteiger partial charge on any atom is 0.231 e. The Labute approximate surface area is 184 Å².